The molecule has 1 atom stereocenters. The van der Waals surface area contributed by atoms with Gasteiger partial charge in [-0.15, -0.1) is 0 Å². The van der Waals surface area contributed by atoms with Gasteiger partial charge in [0.15, 0.2) is 0 Å². The van der Waals surface area contributed by atoms with Gasteiger partial charge in [-0.1, -0.05) is 30.3 Å². The number of benzene rings is 2. The van der Waals surface area contributed by atoms with Gasteiger partial charge >= 0.3 is 12.2 Å². The van der Waals surface area contributed by atoms with Crippen LogP contribution in [0.25, 0.3) is 11.1 Å². The van der Waals surface area contributed by atoms with Crippen LogP contribution in [0, 0.1) is 0 Å². The van der Waals surface area contributed by atoms with Gasteiger partial charge in [0, 0.05) is 17.8 Å². The van der Waals surface area contributed by atoms with E-state index in [9.17, 15) is 31.2 Å². The van der Waals surface area contributed by atoms with Crippen LogP contribution in [0.4, 0.5) is 35.0 Å². The summed E-state index contributed by atoms with van der Waals surface area (Å²) in [5.74, 6) is -0.330. The first-order valence-electron chi connectivity index (χ1n) is 11.5. The summed E-state index contributed by atoms with van der Waals surface area (Å²) in [6.07, 6.45) is -1.62. The summed E-state index contributed by atoms with van der Waals surface area (Å²) in [5, 5.41) is 4.96. The molecule has 0 radical (unpaired) electrons. The molecule has 1 aliphatic heterocycles. The van der Waals surface area contributed by atoms with Gasteiger partial charge in [-0.3, -0.25) is 9.52 Å². The number of urea groups is 1. The molecule has 1 fully saturated rings. The molecule has 0 bridgehead atoms. The van der Waals surface area contributed by atoms with Crippen molar-refractivity contribution in [1.29, 1.82) is 0 Å². The minimum Gasteiger partial charge on any atom is -0.326 e. The van der Waals surface area contributed by atoms with Crippen molar-refractivity contribution >= 4 is 39.0 Å². The molecule has 2 heterocycles. The zero-order valence-electron chi connectivity index (χ0n) is 20.1. The third-order valence-electron chi connectivity index (χ3n) is 5.77. The van der Waals surface area contributed by atoms with Crippen LogP contribution in [0.5, 0.6) is 0 Å². The first kappa shape index (κ1) is 26.9. The number of halogens is 3. The highest BCUT2D eigenvalue weighted by Crippen LogP contribution is 2.31. The highest BCUT2D eigenvalue weighted by molar-refractivity contribution is 7.92. The van der Waals surface area contributed by atoms with E-state index in [4.69, 9.17) is 0 Å². The largest absolute Gasteiger partial charge is 0.433 e. The van der Waals surface area contributed by atoms with Crippen molar-refractivity contribution in [3.63, 3.8) is 0 Å². The van der Waals surface area contributed by atoms with Crippen molar-refractivity contribution in [3.8, 4) is 11.1 Å². The number of piperidine rings is 1. The van der Waals surface area contributed by atoms with E-state index in [0.717, 1.165) is 30.1 Å². The lowest BCUT2D eigenvalue weighted by Crippen LogP contribution is -2.53. The van der Waals surface area contributed by atoms with E-state index < -0.39 is 34.0 Å². The monoisotopic (exact) mass is 547 g/mol. The molecule has 1 aliphatic rings. The number of carbonyl (C=O) groups excluding carboxylic acids is 2. The Morgan fingerprint density at radius 3 is 2.39 bits per heavy atom. The fourth-order valence-electron chi connectivity index (χ4n) is 4.07. The van der Waals surface area contributed by atoms with E-state index in [-0.39, 0.29) is 11.6 Å². The van der Waals surface area contributed by atoms with Crippen molar-refractivity contribution in [2.24, 2.45) is 0 Å². The minimum absolute atomic E-state index is 0.0526. The maximum Gasteiger partial charge on any atom is 0.433 e. The minimum atomic E-state index is -4.59. The second-order valence-electron chi connectivity index (χ2n) is 8.68. The summed E-state index contributed by atoms with van der Waals surface area (Å²) in [6, 6.07) is 14.2. The van der Waals surface area contributed by atoms with E-state index in [2.05, 4.69) is 20.3 Å². The van der Waals surface area contributed by atoms with Gasteiger partial charge in [-0.05, 0) is 48.7 Å². The van der Waals surface area contributed by atoms with Gasteiger partial charge < -0.3 is 15.5 Å². The average molecular weight is 548 g/mol. The quantitative estimate of drug-likeness (QED) is 0.421. The number of hydrogen-bond acceptors (Lipinski definition) is 5. The number of carbonyl (C=O) groups is 2. The summed E-state index contributed by atoms with van der Waals surface area (Å²) in [5.41, 5.74) is 1.41. The second-order valence-corrected chi connectivity index (χ2v) is 10.4. The lowest BCUT2D eigenvalue weighted by molar-refractivity contribution is -0.141. The van der Waals surface area contributed by atoms with Gasteiger partial charge in [0.1, 0.15) is 11.7 Å². The zero-order valence-corrected chi connectivity index (χ0v) is 20.9. The normalized spacial score (nSPS) is 16.2. The SMILES string of the molecule is CS(=O)(=O)Nc1ccccc1-c1ccc(N2CCC[C@@H](NC(=O)Nc3ccc(C(F)(F)F)nc3)C2=O)cc1. The number of amides is 3. The van der Waals surface area contributed by atoms with Crippen LogP contribution in [-0.2, 0) is 21.0 Å². The lowest BCUT2D eigenvalue weighted by atomic mass is 10.0. The molecule has 13 heteroatoms. The van der Waals surface area contributed by atoms with Crippen molar-refractivity contribution in [3.05, 3.63) is 72.6 Å². The standard InChI is InChI=1S/C25H24F3N5O4S/c1-38(36,37)32-20-6-3-2-5-19(20)16-8-11-18(12-9-16)33-14-4-7-21(23(33)34)31-24(35)30-17-10-13-22(29-15-17)25(26,27)28/h2-3,5-6,8-13,15,21,32H,4,7,14H2,1H3,(H2,30,31,35)/t21-/m1/s1. The number of sulfonamides is 1. The van der Waals surface area contributed by atoms with Gasteiger partial charge in [0.05, 0.1) is 23.8 Å². The van der Waals surface area contributed by atoms with Crippen LogP contribution < -0.4 is 20.3 Å². The Balaban J connectivity index is 1.42. The van der Waals surface area contributed by atoms with Crippen molar-refractivity contribution in [2.45, 2.75) is 25.1 Å². The number of hydrogen-bond donors (Lipinski definition) is 3. The molecule has 200 valence electrons. The van der Waals surface area contributed by atoms with Crippen LogP contribution in [0.15, 0.2) is 66.9 Å². The van der Waals surface area contributed by atoms with Gasteiger partial charge in [-0.25, -0.2) is 18.2 Å². The van der Waals surface area contributed by atoms with Gasteiger partial charge in [-0.2, -0.15) is 13.2 Å². The fraction of sp³-hybridized carbons (Fsp3) is 0.240. The lowest BCUT2D eigenvalue weighted by Gasteiger charge is -2.32. The first-order chi connectivity index (χ1) is 17.9. The molecule has 0 aliphatic carbocycles. The topological polar surface area (TPSA) is 120 Å². The van der Waals surface area contributed by atoms with Crippen molar-refractivity contribution < 1.29 is 31.2 Å². The molecule has 38 heavy (non-hydrogen) atoms. The summed E-state index contributed by atoms with van der Waals surface area (Å²) in [7, 11) is -3.48. The molecular formula is C25H24F3N5O4S. The van der Waals surface area contributed by atoms with E-state index in [1.54, 1.807) is 53.4 Å². The highest BCUT2D eigenvalue weighted by atomic mass is 32.2. The summed E-state index contributed by atoms with van der Waals surface area (Å²) >= 11 is 0. The Morgan fingerprint density at radius 2 is 1.76 bits per heavy atom. The highest BCUT2D eigenvalue weighted by Gasteiger charge is 2.33. The Kier molecular flexibility index (Phi) is 7.58. The number of pyridine rings is 1. The molecule has 0 unspecified atom stereocenters. The predicted octanol–water partition coefficient (Wildman–Crippen LogP) is 4.46. The number of alkyl halides is 3. The number of aromatic nitrogens is 1. The molecule has 4 rings (SSSR count). The number of para-hydroxylation sites is 1. The van der Waals surface area contributed by atoms with Crippen molar-refractivity contribution in [2.75, 3.05) is 27.7 Å². The smallest absolute Gasteiger partial charge is 0.326 e. The predicted molar refractivity (Wildman–Crippen MR) is 137 cm³/mol. The second kappa shape index (κ2) is 10.7. The number of nitrogens with one attached hydrogen (secondary N) is 3. The van der Waals surface area contributed by atoms with E-state index in [0.29, 0.717) is 36.3 Å². The maximum absolute atomic E-state index is 13.1. The average Bonchev–Trinajstić information content (AvgIpc) is 2.85. The Labute approximate surface area is 217 Å². The molecule has 9 nitrogen and oxygen atoms in total. The summed E-state index contributed by atoms with van der Waals surface area (Å²) in [4.78, 5) is 30.3. The van der Waals surface area contributed by atoms with Crippen LogP contribution in [0.3, 0.4) is 0 Å². The van der Waals surface area contributed by atoms with Crippen molar-refractivity contribution in [1.82, 2.24) is 10.3 Å². The van der Waals surface area contributed by atoms with E-state index in [1.807, 2.05) is 0 Å². The number of anilines is 3. The van der Waals surface area contributed by atoms with Crippen LogP contribution in [0.1, 0.15) is 18.5 Å². The zero-order chi connectivity index (χ0) is 27.5. The Morgan fingerprint density at radius 1 is 1.05 bits per heavy atom. The fourth-order valence-corrected chi connectivity index (χ4v) is 4.65. The van der Waals surface area contributed by atoms with E-state index in [1.165, 1.54) is 0 Å². The summed E-state index contributed by atoms with van der Waals surface area (Å²) in [6.45, 7) is 0.438. The molecule has 1 aromatic heterocycles. The molecular weight excluding hydrogens is 523 g/mol. The first-order valence-corrected chi connectivity index (χ1v) is 13.4. The molecule has 2 aromatic carbocycles. The Hall–Kier alpha value is -4.13. The van der Waals surface area contributed by atoms with Crippen LogP contribution in [-0.4, -0.2) is 44.2 Å². The number of rotatable bonds is 6. The van der Waals surface area contributed by atoms with Gasteiger partial charge in [0.25, 0.3) is 0 Å². The molecule has 3 N–H and O–H groups in total. The molecule has 3 amide bonds. The molecule has 0 saturated carbocycles. The van der Waals surface area contributed by atoms with Crippen LogP contribution >= 0.6 is 0 Å². The molecule has 1 saturated heterocycles. The molecule has 0 spiro atoms. The number of nitrogens with zero attached hydrogens (tertiary/aromatic N) is 2. The Bertz CT molecular complexity index is 1430. The van der Waals surface area contributed by atoms with Gasteiger partial charge in [0.2, 0.25) is 15.9 Å². The van der Waals surface area contributed by atoms with E-state index >= 15 is 0 Å². The summed E-state index contributed by atoms with van der Waals surface area (Å²) < 4.78 is 63.9. The molecule has 3 aromatic rings. The maximum atomic E-state index is 13.1. The van der Waals surface area contributed by atoms with Crippen LogP contribution in [0.2, 0.25) is 0 Å². The third kappa shape index (κ3) is 6.59. The third-order valence-corrected chi connectivity index (χ3v) is 6.36.